The second kappa shape index (κ2) is 6.71. The summed E-state index contributed by atoms with van der Waals surface area (Å²) in [6.45, 7) is 0. The summed E-state index contributed by atoms with van der Waals surface area (Å²) in [5.41, 5.74) is -0.813. The lowest BCUT2D eigenvalue weighted by atomic mass is 10.3. The number of hydrogen-bond acceptors (Lipinski definition) is 6. The first kappa shape index (κ1) is 17.5. The van der Waals surface area contributed by atoms with Crippen LogP contribution in [0.3, 0.4) is 0 Å². The van der Waals surface area contributed by atoms with Gasteiger partial charge in [0, 0.05) is 6.07 Å². The van der Waals surface area contributed by atoms with Crippen LogP contribution >= 0.6 is 0 Å². The van der Waals surface area contributed by atoms with E-state index in [-0.39, 0.29) is 11.4 Å². The monoisotopic (exact) mass is 356 g/mol. The first-order chi connectivity index (χ1) is 11.3. The first-order valence-electron chi connectivity index (χ1n) is 6.47. The zero-order valence-electron chi connectivity index (χ0n) is 12.6. The van der Waals surface area contributed by atoms with Crippen molar-refractivity contribution in [3.63, 3.8) is 0 Å². The highest BCUT2D eigenvalue weighted by Gasteiger charge is 2.27. The largest absolute Gasteiger partial charge is 0.497 e. The fourth-order valence-electron chi connectivity index (χ4n) is 1.94. The molecule has 0 saturated carbocycles. The Morgan fingerprint density at radius 2 is 1.83 bits per heavy atom. The molecule has 0 atom stereocenters. The lowest BCUT2D eigenvalue weighted by Crippen LogP contribution is -2.15. The third-order valence-electron chi connectivity index (χ3n) is 3.06. The van der Waals surface area contributed by atoms with Gasteiger partial charge < -0.3 is 9.47 Å². The van der Waals surface area contributed by atoms with Gasteiger partial charge in [0.2, 0.25) is 0 Å². The number of methoxy groups -OCH3 is 2. The van der Waals surface area contributed by atoms with Crippen molar-refractivity contribution < 1.29 is 27.2 Å². The van der Waals surface area contributed by atoms with Crippen molar-refractivity contribution in [2.75, 3.05) is 18.9 Å². The van der Waals surface area contributed by atoms with Crippen molar-refractivity contribution in [2.24, 2.45) is 0 Å². The Morgan fingerprint density at radius 1 is 1.12 bits per heavy atom. The minimum Gasteiger partial charge on any atom is -0.497 e. The molecular weight excluding hydrogens is 343 g/mol. The van der Waals surface area contributed by atoms with Crippen molar-refractivity contribution in [3.8, 4) is 11.5 Å². The van der Waals surface area contributed by atoms with Gasteiger partial charge in [0.25, 0.3) is 15.7 Å². The summed E-state index contributed by atoms with van der Waals surface area (Å²) in [5.74, 6) is -0.326. The second-order valence-corrected chi connectivity index (χ2v) is 6.19. The maximum Gasteiger partial charge on any atom is 0.292 e. The summed E-state index contributed by atoms with van der Waals surface area (Å²) in [4.78, 5) is 9.36. The summed E-state index contributed by atoms with van der Waals surface area (Å²) in [6.07, 6.45) is 0. The van der Waals surface area contributed by atoms with Crippen LogP contribution in [-0.2, 0) is 10.0 Å². The molecule has 128 valence electrons. The molecule has 0 aliphatic carbocycles. The van der Waals surface area contributed by atoms with Gasteiger partial charge in [-0.15, -0.1) is 0 Å². The predicted molar refractivity (Wildman–Crippen MR) is 83.4 cm³/mol. The zero-order valence-corrected chi connectivity index (χ0v) is 13.5. The molecule has 0 unspecified atom stereocenters. The second-order valence-electron chi connectivity index (χ2n) is 4.54. The molecule has 2 rings (SSSR count). The van der Waals surface area contributed by atoms with Crippen molar-refractivity contribution in [1.82, 2.24) is 0 Å². The molecule has 0 bridgehead atoms. The van der Waals surface area contributed by atoms with E-state index in [0.717, 1.165) is 12.1 Å². The summed E-state index contributed by atoms with van der Waals surface area (Å²) >= 11 is 0. The summed E-state index contributed by atoms with van der Waals surface area (Å²) in [6, 6.07) is 6.50. The molecule has 8 nitrogen and oxygen atoms in total. The van der Waals surface area contributed by atoms with Gasteiger partial charge in [0.1, 0.15) is 17.3 Å². The van der Waals surface area contributed by atoms with Crippen LogP contribution in [0.15, 0.2) is 41.3 Å². The van der Waals surface area contributed by atoms with Gasteiger partial charge in [-0.1, -0.05) is 0 Å². The predicted octanol–water partition coefficient (Wildman–Crippen LogP) is 2.55. The molecule has 0 heterocycles. The lowest BCUT2D eigenvalue weighted by Gasteiger charge is -2.13. The lowest BCUT2D eigenvalue weighted by molar-refractivity contribution is -0.388. The van der Waals surface area contributed by atoms with Crippen molar-refractivity contribution in [1.29, 1.82) is 0 Å². The Labute approximate surface area is 137 Å². The Bertz CT molecular complexity index is 885. The zero-order chi connectivity index (χ0) is 17.9. The number of nitro benzene ring substituents is 1. The molecule has 0 spiro atoms. The van der Waals surface area contributed by atoms with E-state index < -0.39 is 31.3 Å². The minimum atomic E-state index is -4.34. The summed E-state index contributed by atoms with van der Waals surface area (Å²) in [7, 11) is -1.58. The molecule has 10 heteroatoms. The van der Waals surface area contributed by atoms with Gasteiger partial charge in [-0.3, -0.25) is 14.8 Å². The van der Waals surface area contributed by atoms with E-state index in [1.54, 1.807) is 0 Å². The van der Waals surface area contributed by atoms with Gasteiger partial charge in [-0.2, -0.15) is 0 Å². The topological polar surface area (TPSA) is 108 Å². The number of hydrogen-bond donors (Lipinski definition) is 1. The molecule has 1 N–H and O–H groups in total. The number of nitro groups is 1. The molecule has 0 fully saturated rings. The highest BCUT2D eigenvalue weighted by Crippen LogP contribution is 2.32. The highest BCUT2D eigenvalue weighted by molar-refractivity contribution is 7.92. The van der Waals surface area contributed by atoms with E-state index in [2.05, 4.69) is 4.72 Å². The van der Waals surface area contributed by atoms with Crippen LogP contribution < -0.4 is 14.2 Å². The van der Waals surface area contributed by atoms with E-state index in [1.807, 2.05) is 0 Å². The molecule has 0 aliphatic rings. The van der Waals surface area contributed by atoms with Crippen molar-refractivity contribution in [2.45, 2.75) is 4.90 Å². The summed E-state index contributed by atoms with van der Waals surface area (Å²) < 4.78 is 50.3. The molecule has 0 aromatic heterocycles. The normalized spacial score (nSPS) is 11.0. The Balaban J connectivity index is 2.48. The molecule has 0 saturated heterocycles. The third kappa shape index (κ3) is 3.54. The number of anilines is 1. The van der Waals surface area contributed by atoms with Gasteiger partial charge in [-0.25, -0.2) is 12.8 Å². The Kier molecular flexibility index (Phi) is 4.88. The van der Waals surface area contributed by atoms with Crippen LogP contribution in [0.1, 0.15) is 0 Å². The number of nitrogens with zero attached hydrogens (tertiary/aromatic N) is 1. The number of sulfonamides is 1. The van der Waals surface area contributed by atoms with Crippen LogP contribution in [0.2, 0.25) is 0 Å². The van der Waals surface area contributed by atoms with Crippen LogP contribution in [0.4, 0.5) is 15.8 Å². The SMILES string of the molecule is COc1ccc(NS(=O)(=O)c2ccc(F)cc2[N+](=O)[O-])c(OC)c1. The Morgan fingerprint density at radius 3 is 2.42 bits per heavy atom. The van der Waals surface area contributed by atoms with Crippen LogP contribution in [0.25, 0.3) is 0 Å². The smallest absolute Gasteiger partial charge is 0.292 e. The molecule has 2 aromatic rings. The van der Waals surface area contributed by atoms with Crippen molar-refractivity contribution in [3.05, 3.63) is 52.3 Å². The number of nitrogens with one attached hydrogen (secondary N) is 1. The highest BCUT2D eigenvalue weighted by atomic mass is 32.2. The van der Waals surface area contributed by atoms with Crippen LogP contribution in [0.5, 0.6) is 11.5 Å². The average molecular weight is 356 g/mol. The van der Waals surface area contributed by atoms with Crippen LogP contribution in [-0.4, -0.2) is 27.6 Å². The molecule has 0 amide bonds. The summed E-state index contributed by atoms with van der Waals surface area (Å²) in [5, 5.41) is 11.0. The Hall–Kier alpha value is -2.88. The first-order valence-corrected chi connectivity index (χ1v) is 7.95. The minimum absolute atomic E-state index is 0.0527. The number of halogens is 1. The molecule has 2 aromatic carbocycles. The number of benzene rings is 2. The van der Waals surface area contributed by atoms with Gasteiger partial charge >= 0.3 is 0 Å². The fraction of sp³-hybridized carbons (Fsp3) is 0.143. The quantitative estimate of drug-likeness (QED) is 0.629. The van der Waals surface area contributed by atoms with E-state index in [4.69, 9.17) is 9.47 Å². The maximum absolute atomic E-state index is 13.2. The van der Waals surface area contributed by atoms with Gasteiger partial charge in [-0.05, 0) is 24.3 Å². The third-order valence-corrected chi connectivity index (χ3v) is 4.47. The van der Waals surface area contributed by atoms with E-state index in [0.29, 0.717) is 11.8 Å². The van der Waals surface area contributed by atoms with Crippen molar-refractivity contribution >= 4 is 21.4 Å². The molecule has 24 heavy (non-hydrogen) atoms. The van der Waals surface area contributed by atoms with Crippen LogP contribution in [0, 0.1) is 15.9 Å². The number of rotatable bonds is 6. The average Bonchev–Trinajstić information content (AvgIpc) is 2.54. The standard InChI is InChI=1S/C14H13FN2O6S/c1-22-10-4-5-11(13(8-10)23-2)16-24(20,21)14-6-3-9(15)7-12(14)17(18)19/h3-8,16H,1-2H3. The van der Waals surface area contributed by atoms with E-state index in [1.165, 1.54) is 32.4 Å². The van der Waals surface area contributed by atoms with Gasteiger partial charge in [0.05, 0.1) is 30.9 Å². The number of ether oxygens (including phenoxy) is 2. The fourth-order valence-corrected chi connectivity index (χ4v) is 3.17. The molecule has 0 radical (unpaired) electrons. The maximum atomic E-state index is 13.2. The molecule has 0 aliphatic heterocycles. The van der Waals surface area contributed by atoms with E-state index in [9.17, 15) is 22.9 Å². The molecular formula is C14H13FN2O6S. The van der Waals surface area contributed by atoms with E-state index >= 15 is 0 Å². The van der Waals surface area contributed by atoms with Gasteiger partial charge in [0.15, 0.2) is 4.90 Å².